The molecule has 0 radical (unpaired) electrons. The fourth-order valence-electron chi connectivity index (χ4n) is 4.57. The van der Waals surface area contributed by atoms with E-state index in [0.717, 1.165) is 31.5 Å². The van der Waals surface area contributed by atoms with Crippen molar-refractivity contribution in [2.45, 2.75) is 52.1 Å². The summed E-state index contributed by atoms with van der Waals surface area (Å²) < 4.78 is 1.39. The van der Waals surface area contributed by atoms with Crippen LogP contribution >= 0.6 is 11.6 Å². The Kier molecular flexibility index (Phi) is 7.19. The van der Waals surface area contributed by atoms with Crippen molar-refractivity contribution in [3.05, 3.63) is 73.0 Å². The first-order chi connectivity index (χ1) is 16.3. The Morgan fingerprint density at radius 2 is 1.94 bits per heavy atom. The summed E-state index contributed by atoms with van der Waals surface area (Å²) in [7, 11) is 0. The monoisotopic (exact) mass is 483 g/mol. The average Bonchev–Trinajstić information content (AvgIpc) is 3.33. The molecule has 180 valence electrons. The molecule has 8 nitrogen and oxygen atoms in total. The van der Waals surface area contributed by atoms with Gasteiger partial charge in [0.2, 0.25) is 0 Å². The number of H-pyrrole nitrogens is 1. The van der Waals surface area contributed by atoms with Gasteiger partial charge in [-0.15, -0.1) is 0 Å². The molecule has 9 heteroatoms. The molecule has 1 saturated heterocycles. The molecule has 1 fully saturated rings. The highest BCUT2D eigenvalue weighted by atomic mass is 35.5. The summed E-state index contributed by atoms with van der Waals surface area (Å²) in [6, 6.07) is 9.32. The quantitative estimate of drug-likeness (QED) is 0.536. The number of aryl methyl sites for hydroxylation is 1. The highest BCUT2D eigenvalue weighted by Gasteiger charge is 2.26. The minimum Gasteiger partial charge on any atom is -0.350 e. The first-order valence-corrected chi connectivity index (χ1v) is 12.1. The number of nitrogens with zero attached hydrogens (tertiary/aromatic N) is 3. The van der Waals surface area contributed by atoms with Gasteiger partial charge in [-0.25, -0.2) is 9.78 Å². The molecular weight excluding hydrogens is 454 g/mol. The molecule has 3 aromatic rings. The number of halogens is 1. The van der Waals surface area contributed by atoms with Crippen LogP contribution in [0.5, 0.6) is 0 Å². The molecule has 1 atom stereocenters. The zero-order valence-electron chi connectivity index (χ0n) is 19.7. The molecule has 0 aliphatic carbocycles. The fraction of sp³-hybridized carbons (Fsp3) is 0.440. The van der Waals surface area contributed by atoms with Crippen LogP contribution in [0.1, 0.15) is 67.2 Å². The summed E-state index contributed by atoms with van der Waals surface area (Å²) in [4.78, 5) is 47.8. The number of amides is 1. The van der Waals surface area contributed by atoms with E-state index >= 15 is 0 Å². The van der Waals surface area contributed by atoms with Gasteiger partial charge in [-0.3, -0.25) is 24.0 Å². The molecule has 0 spiro atoms. The van der Waals surface area contributed by atoms with Crippen LogP contribution in [0.25, 0.3) is 11.0 Å². The van der Waals surface area contributed by atoms with E-state index < -0.39 is 11.2 Å². The van der Waals surface area contributed by atoms with Crippen LogP contribution in [0.4, 0.5) is 0 Å². The number of nitrogens with one attached hydrogen (secondary N) is 2. The van der Waals surface area contributed by atoms with Crippen molar-refractivity contribution in [2.75, 3.05) is 19.6 Å². The van der Waals surface area contributed by atoms with Gasteiger partial charge in [0.25, 0.3) is 11.5 Å². The van der Waals surface area contributed by atoms with Crippen LogP contribution in [0.15, 0.2) is 39.9 Å². The van der Waals surface area contributed by atoms with E-state index in [1.165, 1.54) is 4.57 Å². The molecule has 1 aliphatic rings. The zero-order chi connectivity index (χ0) is 24.4. The number of benzene rings is 1. The average molecular weight is 484 g/mol. The number of rotatable bonds is 7. The van der Waals surface area contributed by atoms with Gasteiger partial charge < -0.3 is 5.32 Å². The molecule has 1 unspecified atom stereocenters. The number of likely N-dealkylation sites (tertiary alicyclic amines) is 1. The molecular formula is C25H30ClN5O3. The van der Waals surface area contributed by atoms with Crippen LogP contribution in [0.3, 0.4) is 0 Å². The number of pyridine rings is 1. The summed E-state index contributed by atoms with van der Waals surface area (Å²) >= 11 is 6.25. The van der Waals surface area contributed by atoms with Crippen molar-refractivity contribution < 1.29 is 4.79 Å². The Morgan fingerprint density at radius 3 is 2.59 bits per heavy atom. The van der Waals surface area contributed by atoms with E-state index in [-0.39, 0.29) is 34.5 Å². The molecule has 0 saturated carbocycles. The van der Waals surface area contributed by atoms with Gasteiger partial charge in [0.15, 0.2) is 5.65 Å². The largest absolute Gasteiger partial charge is 0.350 e. The lowest BCUT2D eigenvalue weighted by molar-refractivity contribution is 0.0939. The first-order valence-electron chi connectivity index (χ1n) is 11.8. The number of fused-ring (bicyclic) bond motifs is 1. The van der Waals surface area contributed by atoms with Gasteiger partial charge in [0, 0.05) is 23.8 Å². The number of carbonyl (C=O) groups is 1. The smallest absolute Gasteiger partial charge is 0.329 e. The lowest BCUT2D eigenvalue weighted by Crippen LogP contribution is -2.38. The van der Waals surface area contributed by atoms with E-state index in [2.05, 4.69) is 20.2 Å². The first kappa shape index (κ1) is 24.2. The van der Waals surface area contributed by atoms with Gasteiger partial charge in [-0.05, 0) is 62.5 Å². The van der Waals surface area contributed by atoms with Crippen LogP contribution in [0.2, 0.25) is 5.02 Å². The second-order valence-corrected chi connectivity index (χ2v) is 9.41. The van der Waals surface area contributed by atoms with E-state index in [0.29, 0.717) is 23.8 Å². The van der Waals surface area contributed by atoms with Crippen LogP contribution in [0, 0.1) is 0 Å². The lowest BCUT2D eigenvalue weighted by Gasteiger charge is -2.28. The minimum absolute atomic E-state index is 0.0134. The molecule has 2 aromatic heterocycles. The molecule has 3 heterocycles. The standard InChI is InChI=1S/C25H30ClN5O3/c1-4-31-22-21(24(33)29-25(31)34)18(13-19(28-22)15(2)3)23(32)27-14-20(30-10-5-6-11-30)16-8-7-9-17(26)12-16/h7-9,12-13,15,20H,4-6,10-11,14H2,1-3H3,(H,27,32)(H,29,33,34). The molecule has 4 rings (SSSR count). The molecule has 2 N–H and O–H groups in total. The molecule has 1 aromatic carbocycles. The van der Waals surface area contributed by atoms with Gasteiger partial charge in [-0.2, -0.15) is 0 Å². The molecule has 0 bridgehead atoms. The SMILES string of the molecule is CCn1c(=O)[nH]c(=O)c2c(C(=O)NCC(c3cccc(Cl)c3)N3CCCC3)cc(C(C)C)nc21. The molecule has 34 heavy (non-hydrogen) atoms. The summed E-state index contributed by atoms with van der Waals surface area (Å²) in [6.45, 7) is 8.31. The van der Waals surface area contributed by atoms with E-state index in [1.807, 2.05) is 38.1 Å². The van der Waals surface area contributed by atoms with Crippen molar-refractivity contribution >= 4 is 28.5 Å². The van der Waals surface area contributed by atoms with Crippen LogP contribution < -0.4 is 16.6 Å². The number of aromatic amines is 1. The molecule has 1 aliphatic heterocycles. The maximum absolute atomic E-state index is 13.5. The van der Waals surface area contributed by atoms with E-state index in [1.54, 1.807) is 13.0 Å². The summed E-state index contributed by atoms with van der Waals surface area (Å²) in [5.41, 5.74) is 1.01. The third kappa shape index (κ3) is 4.79. The fourth-order valence-corrected chi connectivity index (χ4v) is 4.77. The Morgan fingerprint density at radius 1 is 1.21 bits per heavy atom. The maximum Gasteiger partial charge on any atom is 0.329 e. The predicted octanol–water partition coefficient (Wildman–Crippen LogP) is 3.45. The van der Waals surface area contributed by atoms with Crippen molar-refractivity contribution in [3.63, 3.8) is 0 Å². The summed E-state index contributed by atoms with van der Waals surface area (Å²) in [6.07, 6.45) is 2.23. The van der Waals surface area contributed by atoms with Gasteiger partial charge >= 0.3 is 5.69 Å². The normalized spacial score (nSPS) is 15.2. The van der Waals surface area contributed by atoms with Gasteiger partial charge in [0.1, 0.15) is 0 Å². The van der Waals surface area contributed by atoms with E-state index in [4.69, 9.17) is 11.6 Å². The van der Waals surface area contributed by atoms with Crippen molar-refractivity contribution in [3.8, 4) is 0 Å². The zero-order valence-corrected chi connectivity index (χ0v) is 20.5. The highest BCUT2D eigenvalue weighted by molar-refractivity contribution is 6.30. The molecule has 1 amide bonds. The highest BCUT2D eigenvalue weighted by Crippen LogP contribution is 2.27. The Labute approximate surface area is 203 Å². The maximum atomic E-state index is 13.5. The minimum atomic E-state index is -0.608. The van der Waals surface area contributed by atoms with E-state index in [9.17, 15) is 14.4 Å². The van der Waals surface area contributed by atoms with Crippen molar-refractivity contribution in [2.24, 2.45) is 0 Å². The number of hydrogen-bond acceptors (Lipinski definition) is 5. The summed E-state index contributed by atoms with van der Waals surface area (Å²) in [5.74, 6) is -0.355. The number of hydrogen-bond donors (Lipinski definition) is 2. The van der Waals surface area contributed by atoms with Gasteiger partial charge in [-0.1, -0.05) is 37.6 Å². The second kappa shape index (κ2) is 10.1. The Hall–Kier alpha value is -2.97. The second-order valence-electron chi connectivity index (χ2n) is 8.98. The third-order valence-electron chi connectivity index (χ3n) is 6.39. The number of carbonyl (C=O) groups excluding carboxylic acids is 1. The van der Waals surface area contributed by atoms with Gasteiger partial charge in [0.05, 0.1) is 17.0 Å². The predicted molar refractivity (Wildman–Crippen MR) is 134 cm³/mol. The van der Waals surface area contributed by atoms with Crippen molar-refractivity contribution in [1.29, 1.82) is 0 Å². The Balaban J connectivity index is 1.73. The number of aromatic nitrogens is 3. The lowest BCUT2D eigenvalue weighted by atomic mass is 10.0. The van der Waals surface area contributed by atoms with Crippen LogP contribution in [-0.4, -0.2) is 45.0 Å². The van der Waals surface area contributed by atoms with Crippen LogP contribution in [-0.2, 0) is 6.54 Å². The summed E-state index contributed by atoms with van der Waals surface area (Å²) in [5, 5.41) is 3.82. The third-order valence-corrected chi connectivity index (χ3v) is 6.63. The van der Waals surface area contributed by atoms with Crippen molar-refractivity contribution in [1.82, 2.24) is 24.8 Å². The Bertz CT molecular complexity index is 1320. The topological polar surface area (TPSA) is 100 Å².